The van der Waals surface area contributed by atoms with Crippen LogP contribution in [0.5, 0.6) is 0 Å². The van der Waals surface area contributed by atoms with Crippen LogP contribution in [-0.2, 0) is 23.8 Å². The highest BCUT2D eigenvalue weighted by molar-refractivity contribution is 5.80. The fourth-order valence-electron chi connectivity index (χ4n) is 5.95. The van der Waals surface area contributed by atoms with Crippen molar-refractivity contribution < 1.29 is 23.8 Å². The highest BCUT2D eigenvalue weighted by Gasteiger charge is 2.67. The highest BCUT2D eigenvalue weighted by Crippen LogP contribution is 2.65. The minimum absolute atomic E-state index is 0.0676. The van der Waals surface area contributed by atoms with Gasteiger partial charge in [-0.3, -0.25) is 9.59 Å². The number of hydrogen-bond donors (Lipinski definition) is 0. The van der Waals surface area contributed by atoms with Gasteiger partial charge < -0.3 is 14.2 Å². The van der Waals surface area contributed by atoms with E-state index in [2.05, 4.69) is 20.8 Å². The van der Waals surface area contributed by atoms with E-state index in [1.54, 1.807) is 6.92 Å². The Bertz CT molecular complexity index is 599. The number of carbonyl (C=O) groups is 2. The van der Waals surface area contributed by atoms with Crippen LogP contribution in [0.1, 0.15) is 79.6 Å². The summed E-state index contributed by atoms with van der Waals surface area (Å²) in [6, 6.07) is 0. The number of hydrogen-bond acceptors (Lipinski definition) is 5. The number of rotatable bonds is 3. The number of fused-ring (bicyclic) bond motifs is 2. The topological polar surface area (TPSA) is 61.8 Å². The molecule has 5 heteroatoms. The summed E-state index contributed by atoms with van der Waals surface area (Å²) in [5.41, 5.74) is -0.627. The molecule has 0 radical (unpaired) electrons. The first kappa shape index (κ1) is 19.8. The molecule has 5 atom stereocenters. The maximum absolute atomic E-state index is 12.3. The Kier molecular flexibility index (Phi) is 4.80. The molecule has 148 valence electrons. The lowest BCUT2D eigenvalue weighted by Gasteiger charge is -2.62. The van der Waals surface area contributed by atoms with E-state index in [9.17, 15) is 9.59 Å². The number of ketones is 1. The second-order valence-corrected chi connectivity index (χ2v) is 9.82. The number of Topliss-reactive ketones (excluding diaryl/α,β-unsaturated/α-hetero) is 1. The summed E-state index contributed by atoms with van der Waals surface area (Å²) >= 11 is 0. The van der Waals surface area contributed by atoms with Gasteiger partial charge in [0.25, 0.3) is 0 Å². The van der Waals surface area contributed by atoms with Crippen LogP contribution in [-0.4, -0.2) is 36.4 Å². The molecule has 0 amide bonds. The summed E-state index contributed by atoms with van der Waals surface area (Å²) in [6.07, 6.45) is 5.32. The average Bonchev–Trinajstić information content (AvgIpc) is 2.86. The second kappa shape index (κ2) is 6.30. The van der Waals surface area contributed by atoms with Gasteiger partial charge in [-0.25, -0.2) is 0 Å². The minimum atomic E-state index is -0.799. The lowest BCUT2D eigenvalue weighted by atomic mass is 9.50. The molecule has 0 aromatic rings. The smallest absolute Gasteiger partial charge is 0.308 e. The van der Waals surface area contributed by atoms with Crippen molar-refractivity contribution in [2.45, 2.75) is 97.1 Å². The quantitative estimate of drug-likeness (QED) is 0.706. The van der Waals surface area contributed by atoms with E-state index in [-0.39, 0.29) is 29.0 Å². The molecule has 1 saturated carbocycles. The normalized spacial score (nSPS) is 44.5. The molecular weight excluding hydrogens is 332 g/mol. The molecule has 3 rings (SSSR count). The SMILES string of the molecule is COC(=O)CC1(C)CCC2(OC(C(C)=O)CC3C(C)(C)CCCC32C)O1. The zero-order valence-electron chi connectivity index (χ0n) is 17.1. The molecule has 0 aromatic carbocycles. The zero-order valence-corrected chi connectivity index (χ0v) is 17.1. The lowest BCUT2D eigenvalue weighted by Crippen LogP contribution is -2.64. The molecule has 0 N–H and O–H groups in total. The molecule has 5 nitrogen and oxygen atoms in total. The van der Waals surface area contributed by atoms with Crippen LogP contribution < -0.4 is 0 Å². The maximum atomic E-state index is 12.3. The average molecular weight is 366 g/mol. The first-order valence-corrected chi connectivity index (χ1v) is 9.92. The maximum Gasteiger partial charge on any atom is 0.308 e. The van der Waals surface area contributed by atoms with Crippen molar-refractivity contribution in [2.75, 3.05) is 7.11 Å². The largest absolute Gasteiger partial charge is 0.469 e. The van der Waals surface area contributed by atoms with Crippen LogP contribution in [0, 0.1) is 16.7 Å². The Morgan fingerprint density at radius 1 is 1.08 bits per heavy atom. The van der Waals surface area contributed by atoms with Crippen LogP contribution >= 0.6 is 0 Å². The Balaban J connectivity index is 1.98. The van der Waals surface area contributed by atoms with Gasteiger partial charge in [0.15, 0.2) is 11.6 Å². The van der Waals surface area contributed by atoms with Crippen molar-refractivity contribution in [3.63, 3.8) is 0 Å². The minimum Gasteiger partial charge on any atom is -0.469 e. The highest BCUT2D eigenvalue weighted by atomic mass is 16.7. The fourth-order valence-corrected chi connectivity index (χ4v) is 5.95. The summed E-state index contributed by atoms with van der Waals surface area (Å²) in [5, 5.41) is 0. The Labute approximate surface area is 157 Å². The van der Waals surface area contributed by atoms with E-state index in [4.69, 9.17) is 14.2 Å². The molecule has 1 spiro atoms. The van der Waals surface area contributed by atoms with Gasteiger partial charge in [-0.1, -0.05) is 27.2 Å². The number of ether oxygens (including phenoxy) is 3. The Hall–Kier alpha value is -0.940. The summed E-state index contributed by atoms with van der Waals surface area (Å²) < 4.78 is 17.9. The van der Waals surface area contributed by atoms with Crippen LogP contribution in [0.15, 0.2) is 0 Å². The van der Waals surface area contributed by atoms with Crippen molar-refractivity contribution >= 4 is 11.8 Å². The van der Waals surface area contributed by atoms with E-state index < -0.39 is 17.5 Å². The van der Waals surface area contributed by atoms with Gasteiger partial charge in [0.2, 0.25) is 0 Å². The molecule has 2 aliphatic heterocycles. The van der Waals surface area contributed by atoms with Crippen LogP contribution in [0.3, 0.4) is 0 Å². The van der Waals surface area contributed by atoms with Crippen molar-refractivity contribution in [1.82, 2.24) is 0 Å². The summed E-state index contributed by atoms with van der Waals surface area (Å²) in [6.45, 7) is 10.5. The van der Waals surface area contributed by atoms with Crippen LogP contribution in [0.2, 0.25) is 0 Å². The summed E-state index contributed by atoms with van der Waals surface area (Å²) in [5.74, 6) is -0.647. The molecule has 1 aliphatic carbocycles. The number of esters is 1. The molecule has 3 fully saturated rings. The van der Waals surface area contributed by atoms with Gasteiger partial charge in [-0.05, 0) is 50.9 Å². The van der Waals surface area contributed by atoms with E-state index in [1.807, 2.05) is 6.92 Å². The van der Waals surface area contributed by atoms with E-state index in [0.717, 1.165) is 32.1 Å². The third kappa shape index (κ3) is 3.01. The Morgan fingerprint density at radius 3 is 2.38 bits per heavy atom. The molecule has 2 heterocycles. The molecule has 0 aromatic heterocycles. The van der Waals surface area contributed by atoms with Crippen molar-refractivity contribution in [1.29, 1.82) is 0 Å². The van der Waals surface area contributed by atoms with Crippen LogP contribution in [0.25, 0.3) is 0 Å². The summed E-state index contributed by atoms with van der Waals surface area (Å²) in [7, 11) is 1.40. The number of methoxy groups -OCH3 is 1. The van der Waals surface area contributed by atoms with Gasteiger partial charge in [-0.15, -0.1) is 0 Å². The molecule has 5 unspecified atom stereocenters. The third-order valence-electron chi connectivity index (χ3n) is 7.48. The standard InChI is InChI=1S/C21H34O5/c1-14(22)15-12-16-18(2,3)8-7-9-20(16,5)21(25-15)11-10-19(4,26-21)13-17(23)24-6/h15-16H,7-13H2,1-6H3. The second-order valence-electron chi connectivity index (χ2n) is 9.82. The third-order valence-corrected chi connectivity index (χ3v) is 7.48. The molecule has 0 bridgehead atoms. The predicted molar refractivity (Wildman–Crippen MR) is 97.5 cm³/mol. The first-order valence-electron chi connectivity index (χ1n) is 9.92. The van der Waals surface area contributed by atoms with Crippen molar-refractivity contribution in [3.8, 4) is 0 Å². The van der Waals surface area contributed by atoms with Gasteiger partial charge in [-0.2, -0.15) is 0 Å². The zero-order chi connectivity index (χ0) is 19.4. The van der Waals surface area contributed by atoms with E-state index >= 15 is 0 Å². The van der Waals surface area contributed by atoms with Gasteiger partial charge in [0.05, 0.1) is 19.1 Å². The predicted octanol–water partition coefficient (Wildman–Crippen LogP) is 4.03. The Morgan fingerprint density at radius 2 is 1.77 bits per heavy atom. The first-order chi connectivity index (χ1) is 12.0. The van der Waals surface area contributed by atoms with Gasteiger partial charge in [0.1, 0.15) is 6.10 Å². The molecular formula is C21H34O5. The molecule has 3 aliphatic rings. The molecule has 26 heavy (non-hydrogen) atoms. The van der Waals surface area contributed by atoms with E-state index in [0.29, 0.717) is 12.3 Å². The van der Waals surface area contributed by atoms with Crippen molar-refractivity contribution in [3.05, 3.63) is 0 Å². The summed E-state index contributed by atoms with van der Waals surface area (Å²) in [4.78, 5) is 24.1. The van der Waals surface area contributed by atoms with Crippen LogP contribution in [0.4, 0.5) is 0 Å². The van der Waals surface area contributed by atoms with Gasteiger partial charge >= 0.3 is 5.97 Å². The fraction of sp³-hybridized carbons (Fsp3) is 0.905. The lowest BCUT2D eigenvalue weighted by molar-refractivity contribution is -0.363. The van der Waals surface area contributed by atoms with E-state index in [1.165, 1.54) is 7.11 Å². The monoisotopic (exact) mass is 366 g/mol. The van der Waals surface area contributed by atoms with Crippen molar-refractivity contribution in [2.24, 2.45) is 16.7 Å². The van der Waals surface area contributed by atoms with Gasteiger partial charge in [0, 0.05) is 11.8 Å². The molecule has 2 saturated heterocycles. The number of carbonyl (C=O) groups excluding carboxylic acids is 2.